The van der Waals surface area contributed by atoms with Gasteiger partial charge in [0.2, 0.25) is 0 Å². The van der Waals surface area contributed by atoms with Crippen LogP contribution in [0.3, 0.4) is 0 Å². The van der Waals surface area contributed by atoms with Crippen LogP contribution < -0.4 is 5.32 Å². The predicted octanol–water partition coefficient (Wildman–Crippen LogP) is 4.25. The lowest BCUT2D eigenvalue weighted by molar-refractivity contribution is 0.102. The van der Waals surface area contributed by atoms with E-state index in [0.29, 0.717) is 15.7 Å². The van der Waals surface area contributed by atoms with Gasteiger partial charge in [-0.05, 0) is 30.3 Å². The molecule has 0 radical (unpaired) electrons. The monoisotopic (exact) mass is 323 g/mol. The fourth-order valence-corrected chi connectivity index (χ4v) is 2.89. The highest BCUT2D eigenvalue weighted by atomic mass is 35.5. The molecule has 1 amide bonds. The summed E-state index contributed by atoms with van der Waals surface area (Å²) < 4.78 is 0.946. The highest BCUT2D eigenvalue weighted by molar-refractivity contribution is 7.22. The summed E-state index contributed by atoms with van der Waals surface area (Å²) >= 11 is 13.1. The number of aromatic nitrogens is 2. The zero-order chi connectivity index (χ0) is 14.1. The molecule has 1 aromatic carbocycles. The van der Waals surface area contributed by atoms with Crippen LogP contribution in [0.25, 0.3) is 10.2 Å². The Hall–Kier alpha value is -1.69. The summed E-state index contributed by atoms with van der Waals surface area (Å²) in [7, 11) is 0. The van der Waals surface area contributed by atoms with Gasteiger partial charge in [0.25, 0.3) is 5.91 Å². The lowest BCUT2D eigenvalue weighted by atomic mass is 10.3. The zero-order valence-electron chi connectivity index (χ0n) is 9.93. The third-order valence-electron chi connectivity index (χ3n) is 2.57. The van der Waals surface area contributed by atoms with Gasteiger partial charge in [0, 0.05) is 11.2 Å². The standard InChI is InChI=1S/C13H7Cl2N3OS/c14-7-3-4-10-9(6-7)17-13(20-10)18-12(19)8-2-1-5-16-11(8)15/h1-6H,(H,17,18,19). The summed E-state index contributed by atoms with van der Waals surface area (Å²) in [5.41, 5.74) is 1.06. The number of anilines is 1. The van der Waals surface area contributed by atoms with Gasteiger partial charge in [0.1, 0.15) is 5.15 Å². The molecule has 3 aromatic rings. The van der Waals surface area contributed by atoms with Gasteiger partial charge in [-0.1, -0.05) is 34.5 Å². The van der Waals surface area contributed by atoms with Crippen molar-refractivity contribution in [3.05, 3.63) is 52.3 Å². The minimum absolute atomic E-state index is 0.161. The maximum Gasteiger partial charge on any atom is 0.260 e. The van der Waals surface area contributed by atoms with Crippen LogP contribution in [0.4, 0.5) is 5.13 Å². The number of fused-ring (bicyclic) bond motifs is 1. The van der Waals surface area contributed by atoms with E-state index >= 15 is 0 Å². The highest BCUT2D eigenvalue weighted by Crippen LogP contribution is 2.28. The molecule has 100 valence electrons. The lowest BCUT2D eigenvalue weighted by Crippen LogP contribution is -2.12. The average molecular weight is 324 g/mol. The largest absolute Gasteiger partial charge is 0.298 e. The van der Waals surface area contributed by atoms with Crippen molar-refractivity contribution in [1.29, 1.82) is 0 Å². The molecule has 0 spiro atoms. The van der Waals surface area contributed by atoms with E-state index in [4.69, 9.17) is 23.2 Å². The molecule has 0 aliphatic rings. The Labute approximate surface area is 128 Å². The molecule has 0 aliphatic heterocycles. The van der Waals surface area contributed by atoms with Crippen LogP contribution in [0, 0.1) is 0 Å². The molecule has 4 nitrogen and oxygen atoms in total. The van der Waals surface area contributed by atoms with Crippen LogP contribution in [0.2, 0.25) is 10.2 Å². The van der Waals surface area contributed by atoms with Crippen molar-refractivity contribution in [1.82, 2.24) is 9.97 Å². The highest BCUT2D eigenvalue weighted by Gasteiger charge is 2.13. The first-order valence-corrected chi connectivity index (χ1v) is 7.19. The van der Waals surface area contributed by atoms with Gasteiger partial charge in [-0.25, -0.2) is 9.97 Å². The molecule has 0 fully saturated rings. The van der Waals surface area contributed by atoms with Crippen LogP contribution in [0.1, 0.15) is 10.4 Å². The zero-order valence-corrected chi connectivity index (χ0v) is 12.3. The minimum atomic E-state index is -0.340. The number of halogens is 2. The van der Waals surface area contributed by atoms with E-state index < -0.39 is 0 Å². The van der Waals surface area contributed by atoms with E-state index in [1.54, 1.807) is 24.3 Å². The van der Waals surface area contributed by atoms with E-state index in [1.807, 2.05) is 6.07 Å². The van der Waals surface area contributed by atoms with Crippen molar-refractivity contribution in [2.24, 2.45) is 0 Å². The normalized spacial score (nSPS) is 10.7. The van der Waals surface area contributed by atoms with Gasteiger partial charge < -0.3 is 0 Å². The second-order valence-corrected chi connectivity index (χ2v) is 5.75. The number of amides is 1. The molecule has 0 atom stereocenters. The maximum absolute atomic E-state index is 12.1. The summed E-state index contributed by atoms with van der Waals surface area (Å²) in [6.07, 6.45) is 1.53. The van der Waals surface area contributed by atoms with Crippen LogP contribution in [0.5, 0.6) is 0 Å². The first-order valence-electron chi connectivity index (χ1n) is 5.61. The van der Waals surface area contributed by atoms with E-state index in [1.165, 1.54) is 17.5 Å². The Bertz CT molecular complexity index is 803. The topological polar surface area (TPSA) is 54.9 Å². The number of carbonyl (C=O) groups is 1. The molecule has 0 bridgehead atoms. The van der Waals surface area contributed by atoms with Crippen molar-refractivity contribution >= 4 is 55.8 Å². The van der Waals surface area contributed by atoms with Crippen molar-refractivity contribution in [2.45, 2.75) is 0 Å². The molecule has 0 saturated carbocycles. The van der Waals surface area contributed by atoms with Crippen LogP contribution in [-0.2, 0) is 0 Å². The molecule has 0 aliphatic carbocycles. The molecule has 20 heavy (non-hydrogen) atoms. The SMILES string of the molecule is O=C(Nc1nc2cc(Cl)ccc2s1)c1cccnc1Cl. The molecular weight excluding hydrogens is 317 g/mol. The number of pyridine rings is 1. The Morgan fingerprint density at radius 1 is 1.25 bits per heavy atom. The second kappa shape index (κ2) is 5.36. The number of benzene rings is 1. The number of hydrogen-bond donors (Lipinski definition) is 1. The number of hydrogen-bond acceptors (Lipinski definition) is 4. The summed E-state index contributed by atoms with van der Waals surface area (Å²) in [5, 5.41) is 3.97. The Morgan fingerprint density at radius 3 is 2.90 bits per heavy atom. The minimum Gasteiger partial charge on any atom is -0.298 e. The van der Waals surface area contributed by atoms with Gasteiger partial charge in [-0.2, -0.15) is 0 Å². The summed E-state index contributed by atoms with van der Waals surface area (Å²) in [5.74, 6) is -0.340. The van der Waals surface area contributed by atoms with Crippen molar-refractivity contribution in [3.63, 3.8) is 0 Å². The quantitative estimate of drug-likeness (QED) is 0.717. The van der Waals surface area contributed by atoms with E-state index in [-0.39, 0.29) is 11.1 Å². The van der Waals surface area contributed by atoms with Gasteiger partial charge >= 0.3 is 0 Å². The number of carbonyl (C=O) groups excluding carboxylic acids is 1. The van der Waals surface area contributed by atoms with Gasteiger partial charge in [0.15, 0.2) is 5.13 Å². The first-order chi connectivity index (χ1) is 9.63. The van der Waals surface area contributed by atoms with Crippen molar-refractivity contribution < 1.29 is 4.79 Å². The smallest absolute Gasteiger partial charge is 0.260 e. The second-order valence-electron chi connectivity index (χ2n) is 3.93. The summed E-state index contributed by atoms with van der Waals surface area (Å²) in [6.45, 7) is 0. The fourth-order valence-electron chi connectivity index (χ4n) is 1.67. The van der Waals surface area contributed by atoms with Crippen molar-refractivity contribution in [2.75, 3.05) is 5.32 Å². The van der Waals surface area contributed by atoms with E-state index in [0.717, 1.165) is 10.2 Å². The average Bonchev–Trinajstić information content (AvgIpc) is 2.80. The lowest BCUT2D eigenvalue weighted by Gasteiger charge is -2.02. The van der Waals surface area contributed by atoms with Gasteiger partial charge in [0.05, 0.1) is 15.8 Å². The van der Waals surface area contributed by atoms with Gasteiger partial charge in [-0.15, -0.1) is 0 Å². The molecule has 0 saturated heterocycles. The molecule has 1 N–H and O–H groups in total. The summed E-state index contributed by atoms with van der Waals surface area (Å²) in [6, 6.07) is 8.65. The molecule has 2 aromatic heterocycles. The van der Waals surface area contributed by atoms with Crippen molar-refractivity contribution in [3.8, 4) is 0 Å². The van der Waals surface area contributed by atoms with Crippen LogP contribution in [0.15, 0.2) is 36.5 Å². The van der Waals surface area contributed by atoms with Crippen LogP contribution in [-0.4, -0.2) is 15.9 Å². The third kappa shape index (κ3) is 2.60. The fraction of sp³-hybridized carbons (Fsp3) is 0. The maximum atomic E-state index is 12.1. The van der Waals surface area contributed by atoms with E-state index in [2.05, 4.69) is 15.3 Å². The molecule has 0 unspecified atom stereocenters. The Kier molecular flexibility index (Phi) is 3.56. The van der Waals surface area contributed by atoms with E-state index in [9.17, 15) is 4.79 Å². The first kappa shape index (κ1) is 13.3. The molecule has 3 rings (SSSR count). The Morgan fingerprint density at radius 2 is 2.10 bits per heavy atom. The molecular formula is C13H7Cl2N3OS. The van der Waals surface area contributed by atoms with Gasteiger partial charge in [-0.3, -0.25) is 10.1 Å². The third-order valence-corrected chi connectivity index (χ3v) is 4.06. The van der Waals surface area contributed by atoms with Crippen LogP contribution >= 0.6 is 34.5 Å². The molecule has 7 heteroatoms. The molecule has 2 heterocycles. The Balaban J connectivity index is 1.89. The number of nitrogens with zero attached hydrogens (tertiary/aromatic N) is 2. The predicted molar refractivity (Wildman–Crippen MR) is 81.8 cm³/mol. The number of rotatable bonds is 2. The number of thiazole rings is 1. The summed E-state index contributed by atoms with van der Waals surface area (Å²) in [4.78, 5) is 20.3. The number of nitrogens with one attached hydrogen (secondary N) is 1.